The molecule has 0 aliphatic heterocycles. The van der Waals surface area contributed by atoms with Crippen molar-refractivity contribution < 1.29 is 17.9 Å². The van der Waals surface area contributed by atoms with Gasteiger partial charge >= 0.3 is 0 Å². The van der Waals surface area contributed by atoms with Crippen molar-refractivity contribution >= 4 is 21.6 Å². The monoisotopic (exact) mass is 466 g/mol. The number of methoxy groups -OCH3 is 1. The maximum absolute atomic E-state index is 13.4. The maximum Gasteiger partial charge on any atom is 0.264 e. The third kappa shape index (κ3) is 6.35. The molecule has 0 radical (unpaired) electrons. The van der Waals surface area contributed by atoms with Crippen LogP contribution in [0.15, 0.2) is 89.8 Å². The largest absolute Gasteiger partial charge is 0.497 e. The van der Waals surface area contributed by atoms with Crippen LogP contribution in [-0.4, -0.2) is 28.0 Å². The van der Waals surface area contributed by atoms with Crippen molar-refractivity contribution in [3.05, 3.63) is 90.5 Å². The van der Waals surface area contributed by atoms with Crippen molar-refractivity contribution in [3.8, 4) is 5.75 Å². The standard InChI is InChI=1S/C26H30N2O4S/c1-20(2)18-25(21-14-16-23(32-3)17-15-21)27-26(29)19-28(22-10-6-4-7-11-22)33(30,31)24-12-8-5-9-13-24/h4-17,20,25H,18-19H2,1-3H3,(H,27,29). The lowest BCUT2D eigenvalue weighted by Crippen LogP contribution is -2.42. The molecule has 1 unspecified atom stereocenters. The lowest BCUT2D eigenvalue weighted by molar-refractivity contribution is -0.120. The fraction of sp³-hybridized carbons (Fsp3) is 0.269. The predicted octanol–water partition coefficient (Wildman–Crippen LogP) is 4.79. The van der Waals surface area contributed by atoms with Gasteiger partial charge in [0.15, 0.2) is 0 Å². The predicted molar refractivity (Wildman–Crippen MR) is 131 cm³/mol. The Kier molecular flexibility index (Phi) is 8.11. The molecule has 1 amide bonds. The number of ether oxygens (including phenoxy) is 1. The molecule has 0 heterocycles. The molecule has 3 rings (SSSR count). The van der Waals surface area contributed by atoms with Crippen molar-refractivity contribution in [1.29, 1.82) is 0 Å². The molecule has 1 N–H and O–H groups in total. The van der Waals surface area contributed by atoms with Gasteiger partial charge in [-0.25, -0.2) is 8.42 Å². The molecule has 0 aliphatic rings. The Labute approximate surface area is 196 Å². The second-order valence-corrected chi connectivity index (χ2v) is 10.0. The van der Waals surface area contributed by atoms with Crippen molar-refractivity contribution in [3.63, 3.8) is 0 Å². The highest BCUT2D eigenvalue weighted by Gasteiger charge is 2.28. The minimum absolute atomic E-state index is 0.135. The quantitative estimate of drug-likeness (QED) is 0.466. The number of carbonyl (C=O) groups excluding carboxylic acids is 1. The van der Waals surface area contributed by atoms with Crippen molar-refractivity contribution in [2.75, 3.05) is 18.0 Å². The van der Waals surface area contributed by atoms with E-state index in [9.17, 15) is 13.2 Å². The zero-order chi connectivity index (χ0) is 23.8. The molecule has 33 heavy (non-hydrogen) atoms. The second-order valence-electron chi connectivity index (χ2n) is 8.18. The van der Waals surface area contributed by atoms with E-state index in [0.717, 1.165) is 22.0 Å². The Morgan fingerprint density at radius 1 is 0.909 bits per heavy atom. The van der Waals surface area contributed by atoms with Crippen LogP contribution in [0.4, 0.5) is 5.69 Å². The number of amides is 1. The number of hydrogen-bond donors (Lipinski definition) is 1. The summed E-state index contributed by atoms with van der Waals surface area (Å²) < 4.78 is 33.2. The molecular weight excluding hydrogens is 436 g/mol. The molecular formula is C26H30N2O4S. The van der Waals surface area contributed by atoms with E-state index in [0.29, 0.717) is 11.6 Å². The van der Waals surface area contributed by atoms with E-state index in [1.807, 2.05) is 24.3 Å². The van der Waals surface area contributed by atoms with Gasteiger partial charge in [0.05, 0.1) is 23.7 Å². The van der Waals surface area contributed by atoms with Gasteiger partial charge in [-0.3, -0.25) is 9.10 Å². The number of anilines is 1. The van der Waals surface area contributed by atoms with Crippen LogP contribution in [0.5, 0.6) is 5.75 Å². The number of hydrogen-bond acceptors (Lipinski definition) is 4. The van der Waals surface area contributed by atoms with Gasteiger partial charge in [-0.15, -0.1) is 0 Å². The zero-order valence-corrected chi connectivity index (χ0v) is 20.0. The fourth-order valence-corrected chi connectivity index (χ4v) is 5.03. The first-order valence-electron chi connectivity index (χ1n) is 10.9. The molecule has 0 spiro atoms. The topological polar surface area (TPSA) is 75.7 Å². The van der Waals surface area contributed by atoms with Crippen LogP contribution in [0.25, 0.3) is 0 Å². The number of para-hydroxylation sites is 1. The summed E-state index contributed by atoms with van der Waals surface area (Å²) in [5.41, 5.74) is 1.37. The van der Waals surface area contributed by atoms with E-state index < -0.39 is 10.0 Å². The van der Waals surface area contributed by atoms with Gasteiger partial charge in [-0.2, -0.15) is 0 Å². The van der Waals surface area contributed by atoms with Crippen LogP contribution in [0.1, 0.15) is 31.9 Å². The Hall–Kier alpha value is -3.32. The molecule has 0 aromatic heterocycles. The molecule has 6 nitrogen and oxygen atoms in total. The van der Waals surface area contributed by atoms with E-state index in [2.05, 4.69) is 19.2 Å². The number of nitrogens with zero attached hydrogens (tertiary/aromatic N) is 1. The van der Waals surface area contributed by atoms with E-state index in [-0.39, 0.29) is 23.4 Å². The normalized spacial score (nSPS) is 12.2. The number of nitrogens with one attached hydrogen (secondary N) is 1. The van der Waals surface area contributed by atoms with Crippen LogP contribution >= 0.6 is 0 Å². The van der Waals surface area contributed by atoms with Crippen LogP contribution < -0.4 is 14.4 Å². The zero-order valence-electron chi connectivity index (χ0n) is 19.1. The highest BCUT2D eigenvalue weighted by atomic mass is 32.2. The number of sulfonamides is 1. The third-order valence-corrected chi connectivity index (χ3v) is 7.01. The van der Waals surface area contributed by atoms with Crippen molar-refractivity contribution in [1.82, 2.24) is 5.32 Å². The van der Waals surface area contributed by atoms with E-state index >= 15 is 0 Å². The molecule has 0 fully saturated rings. The highest BCUT2D eigenvalue weighted by Crippen LogP contribution is 2.26. The van der Waals surface area contributed by atoms with E-state index in [1.54, 1.807) is 55.6 Å². The summed E-state index contributed by atoms with van der Waals surface area (Å²) in [6.07, 6.45) is 0.717. The molecule has 0 bridgehead atoms. The molecule has 0 saturated carbocycles. The first-order valence-corrected chi connectivity index (χ1v) is 12.3. The van der Waals surface area contributed by atoms with Crippen molar-refractivity contribution in [2.45, 2.75) is 31.2 Å². The van der Waals surface area contributed by atoms with Gasteiger partial charge in [-0.05, 0) is 54.3 Å². The summed E-state index contributed by atoms with van der Waals surface area (Å²) in [6.45, 7) is 3.84. The number of benzene rings is 3. The maximum atomic E-state index is 13.4. The third-order valence-electron chi connectivity index (χ3n) is 5.22. The molecule has 174 valence electrons. The van der Waals surface area contributed by atoms with E-state index in [4.69, 9.17) is 4.74 Å². The summed E-state index contributed by atoms with van der Waals surface area (Å²) >= 11 is 0. The first-order chi connectivity index (χ1) is 15.8. The average molecular weight is 467 g/mol. The molecule has 3 aromatic carbocycles. The Morgan fingerprint density at radius 3 is 2.03 bits per heavy atom. The number of carbonyl (C=O) groups is 1. The summed E-state index contributed by atoms with van der Waals surface area (Å²) in [4.78, 5) is 13.3. The molecule has 0 aliphatic carbocycles. The fourth-order valence-electron chi connectivity index (χ4n) is 3.59. The summed E-state index contributed by atoms with van der Waals surface area (Å²) in [7, 11) is -2.32. The average Bonchev–Trinajstić information content (AvgIpc) is 2.83. The van der Waals surface area contributed by atoms with Gasteiger partial charge < -0.3 is 10.1 Å². The van der Waals surface area contributed by atoms with Gasteiger partial charge in [0.1, 0.15) is 12.3 Å². The van der Waals surface area contributed by atoms with Crippen LogP contribution in [0.2, 0.25) is 0 Å². The van der Waals surface area contributed by atoms with Gasteiger partial charge in [-0.1, -0.05) is 62.4 Å². The summed E-state index contributed by atoms with van der Waals surface area (Å²) in [5, 5.41) is 3.04. The smallest absolute Gasteiger partial charge is 0.264 e. The Morgan fingerprint density at radius 2 is 1.48 bits per heavy atom. The minimum Gasteiger partial charge on any atom is -0.497 e. The number of rotatable bonds is 10. The van der Waals surface area contributed by atoms with Gasteiger partial charge in [0, 0.05) is 0 Å². The van der Waals surface area contributed by atoms with Crippen LogP contribution in [0.3, 0.4) is 0 Å². The van der Waals surface area contributed by atoms with Crippen LogP contribution in [0, 0.1) is 5.92 Å². The minimum atomic E-state index is -3.93. The second kappa shape index (κ2) is 11.0. The molecule has 3 aromatic rings. The molecule has 0 saturated heterocycles. The first kappa shape index (κ1) is 24.3. The Bertz CT molecular complexity index is 1130. The van der Waals surface area contributed by atoms with Gasteiger partial charge in [0.25, 0.3) is 10.0 Å². The van der Waals surface area contributed by atoms with Gasteiger partial charge in [0.2, 0.25) is 5.91 Å². The molecule has 7 heteroatoms. The van der Waals surface area contributed by atoms with Crippen LogP contribution in [-0.2, 0) is 14.8 Å². The highest BCUT2D eigenvalue weighted by molar-refractivity contribution is 7.92. The molecule has 1 atom stereocenters. The lowest BCUT2D eigenvalue weighted by Gasteiger charge is -2.26. The SMILES string of the molecule is COc1ccc(C(CC(C)C)NC(=O)CN(c2ccccc2)S(=O)(=O)c2ccccc2)cc1. The van der Waals surface area contributed by atoms with E-state index in [1.165, 1.54) is 12.1 Å². The van der Waals surface area contributed by atoms with Crippen molar-refractivity contribution in [2.24, 2.45) is 5.92 Å². The summed E-state index contributed by atoms with van der Waals surface area (Å²) in [6, 6.07) is 24.1. The summed E-state index contributed by atoms with van der Waals surface area (Å²) in [5.74, 6) is 0.688. The lowest BCUT2D eigenvalue weighted by atomic mass is 9.97. The Balaban J connectivity index is 1.87.